The van der Waals surface area contributed by atoms with Gasteiger partial charge in [0, 0.05) is 62.5 Å². The molecule has 2 aliphatic rings. The number of piperidine rings is 1. The maximum Gasteiger partial charge on any atom is 0.327 e. The monoisotopic (exact) mass is 574 g/mol. The lowest BCUT2D eigenvalue weighted by Crippen LogP contribution is -2.47. The third-order valence-electron chi connectivity index (χ3n) is 7.72. The molecule has 2 fully saturated rings. The number of hydrogen-bond donors (Lipinski definition) is 2. The van der Waals surface area contributed by atoms with E-state index in [0.717, 1.165) is 57.7 Å². The fourth-order valence-corrected chi connectivity index (χ4v) is 6.17. The van der Waals surface area contributed by atoms with E-state index in [1.54, 1.807) is 6.07 Å². The van der Waals surface area contributed by atoms with Crippen LogP contribution in [0.5, 0.6) is 0 Å². The molecule has 0 spiro atoms. The van der Waals surface area contributed by atoms with Crippen molar-refractivity contribution in [3.8, 4) is 0 Å². The number of carbonyl (C=O) groups excluding carboxylic acids is 1. The summed E-state index contributed by atoms with van der Waals surface area (Å²) in [6.07, 6.45) is 2.09. The van der Waals surface area contributed by atoms with Crippen LogP contribution in [0.15, 0.2) is 66.7 Å². The van der Waals surface area contributed by atoms with Gasteiger partial charge in [0.25, 0.3) is 5.91 Å². The highest BCUT2D eigenvalue weighted by atomic mass is 32.2. The number of carboxylic acids is 1. The van der Waals surface area contributed by atoms with Crippen molar-refractivity contribution in [3.05, 3.63) is 78.0 Å². The molecule has 10 heteroatoms. The Balaban J connectivity index is 1.30. The van der Waals surface area contributed by atoms with Gasteiger partial charge in [-0.3, -0.25) is 4.79 Å². The second kappa shape index (κ2) is 13.7. The molecule has 2 aliphatic heterocycles. The summed E-state index contributed by atoms with van der Waals surface area (Å²) < 4.78 is 0. The maximum absolute atomic E-state index is 13.4. The number of benzene rings is 2. The van der Waals surface area contributed by atoms with Crippen LogP contribution in [-0.2, 0) is 10.5 Å². The largest absolute Gasteiger partial charge is 0.480 e. The van der Waals surface area contributed by atoms with Crippen molar-refractivity contribution in [1.29, 1.82) is 0 Å². The molecular formula is C31H38N6O3S. The predicted molar refractivity (Wildman–Crippen MR) is 165 cm³/mol. The van der Waals surface area contributed by atoms with Gasteiger partial charge in [-0.2, -0.15) is 16.7 Å². The second-order valence-electron chi connectivity index (χ2n) is 10.8. The second-order valence-corrected chi connectivity index (χ2v) is 11.8. The third kappa shape index (κ3) is 7.70. The predicted octanol–water partition coefficient (Wildman–Crippen LogP) is 4.16. The molecule has 1 amide bonds. The van der Waals surface area contributed by atoms with E-state index in [9.17, 15) is 14.7 Å². The zero-order valence-electron chi connectivity index (χ0n) is 23.5. The Morgan fingerprint density at radius 2 is 1.54 bits per heavy atom. The number of para-hydroxylation sites is 1. The minimum Gasteiger partial charge on any atom is -0.480 e. The minimum absolute atomic E-state index is 0.202. The number of carboxylic acid groups (broad SMARTS) is 1. The Kier molecular flexibility index (Phi) is 9.61. The Labute approximate surface area is 246 Å². The van der Waals surface area contributed by atoms with E-state index < -0.39 is 17.9 Å². The number of piperazine rings is 1. The fourth-order valence-electron chi connectivity index (χ4n) is 5.16. The number of aromatic nitrogens is 2. The number of thioether (sulfide) groups is 1. The van der Waals surface area contributed by atoms with Crippen molar-refractivity contribution in [2.75, 3.05) is 59.7 Å². The highest BCUT2D eigenvalue weighted by Gasteiger charge is 2.26. The Morgan fingerprint density at radius 3 is 2.20 bits per heavy atom. The van der Waals surface area contributed by atoms with E-state index in [-0.39, 0.29) is 11.4 Å². The van der Waals surface area contributed by atoms with Crippen LogP contribution >= 0.6 is 11.8 Å². The van der Waals surface area contributed by atoms with Gasteiger partial charge in [-0.1, -0.05) is 55.5 Å². The van der Waals surface area contributed by atoms with Crippen LogP contribution in [0.25, 0.3) is 0 Å². The first-order valence-electron chi connectivity index (χ1n) is 14.3. The first-order chi connectivity index (χ1) is 20.0. The summed E-state index contributed by atoms with van der Waals surface area (Å²) in [5, 5.41) is 12.6. The highest BCUT2D eigenvalue weighted by molar-refractivity contribution is 7.98. The average molecular weight is 575 g/mol. The molecule has 2 saturated heterocycles. The molecule has 41 heavy (non-hydrogen) atoms. The van der Waals surface area contributed by atoms with E-state index in [4.69, 9.17) is 4.98 Å². The molecule has 2 aromatic carbocycles. The number of hydrogen-bond acceptors (Lipinski definition) is 8. The van der Waals surface area contributed by atoms with Gasteiger partial charge < -0.3 is 25.1 Å². The summed E-state index contributed by atoms with van der Waals surface area (Å²) in [5.74, 6) is 1.27. The summed E-state index contributed by atoms with van der Waals surface area (Å²) in [5.41, 5.74) is 2.51. The van der Waals surface area contributed by atoms with Crippen LogP contribution in [0.2, 0.25) is 0 Å². The van der Waals surface area contributed by atoms with Gasteiger partial charge in [0.2, 0.25) is 5.95 Å². The maximum atomic E-state index is 13.4. The molecule has 3 heterocycles. The van der Waals surface area contributed by atoms with Gasteiger partial charge >= 0.3 is 5.97 Å². The van der Waals surface area contributed by atoms with Crippen LogP contribution in [-0.4, -0.2) is 78.0 Å². The SMILES string of the molecule is CC1CCN(c2nc(C(=O)NC(CSCc3ccccc3)C(=O)O)cc(N3CCN(c4ccccc4)CC3)n2)CC1. The van der Waals surface area contributed by atoms with Crippen LogP contribution < -0.4 is 20.0 Å². The van der Waals surface area contributed by atoms with E-state index >= 15 is 0 Å². The number of nitrogens with zero attached hydrogens (tertiary/aromatic N) is 5. The Bertz CT molecular complexity index is 1300. The summed E-state index contributed by atoms with van der Waals surface area (Å²) in [7, 11) is 0. The number of amides is 1. The first kappa shape index (κ1) is 28.7. The number of nitrogens with one attached hydrogen (secondary N) is 1. The van der Waals surface area contributed by atoms with Crippen molar-refractivity contribution in [1.82, 2.24) is 15.3 Å². The molecule has 5 rings (SSSR count). The van der Waals surface area contributed by atoms with Gasteiger partial charge in [-0.15, -0.1) is 0 Å². The molecule has 2 N–H and O–H groups in total. The van der Waals surface area contributed by atoms with Crippen molar-refractivity contribution >= 4 is 41.1 Å². The number of rotatable bonds is 10. The summed E-state index contributed by atoms with van der Waals surface area (Å²) >= 11 is 1.48. The Hall–Kier alpha value is -3.79. The van der Waals surface area contributed by atoms with Crippen LogP contribution in [0.4, 0.5) is 17.5 Å². The van der Waals surface area contributed by atoms with E-state index in [1.165, 1.54) is 17.4 Å². The summed E-state index contributed by atoms with van der Waals surface area (Å²) in [6, 6.07) is 20.9. The van der Waals surface area contributed by atoms with Crippen molar-refractivity contribution < 1.29 is 14.7 Å². The number of aliphatic carboxylic acids is 1. The molecule has 9 nitrogen and oxygen atoms in total. The molecule has 1 unspecified atom stereocenters. The molecule has 0 radical (unpaired) electrons. The van der Waals surface area contributed by atoms with E-state index in [1.807, 2.05) is 48.5 Å². The standard InChI is InChI=1S/C31H38N6O3S/c1-23-12-14-37(15-13-23)31-33-26(29(38)32-27(30(39)40)22-41-21-24-8-4-2-5-9-24)20-28(34-31)36-18-16-35(17-19-36)25-10-6-3-7-11-25/h2-11,20,23,27H,12-19,21-22H2,1H3,(H,32,38)(H,39,40). The molecule has 1 atom stereocenters. The van der Waals surface area contributed by atoms with Crippen molar-refractivity contribution in [2.45, 2.75) is 31.6 Å². The average Bonchev–Trinajstić information content (AvgIpc) is 3.01. The normalized spacial score (nSPS) is 16.9. The minimum atomic E-state index is -1.06. The molecule has 0 bridgehead atoms. The van der Waals surface area contributed by atoms with Crippen molar-refractivity contribution in [2.24, 2.45) is 5.92 Å². The summed E-state index contributed by atoms with van der Waals surface area (Å²) in [4.78, 5) is 41.7. The molecule has 0 aliphatic carbocycles. The number of carbonyl (C=O) groups is 2. The van der Waals surface area contributed by atoms with Crippen molar-refractivity contribution in [3.63, 3.8) is 0 Å². The smallest absolute Gasteiger partial charge is 0.327 e. The molecule has 216 valence electrons. The van der Waals surface area contributed by atoms with Crippen LogP contribution in [0.1, 0.15) is 35.8 Å². The highest BCUT2D eigenvalue weighted by Crippen LogP contribution is 2.25. The van der Waals surface area contributed by atoms with Crippen LogP contribution in [0.3, 0.4) is 0 Å². The topological polar surface area (TPSA) is 102 Å². The van der Waals surface area contributed by atoms with Gasteiger partial charge in [0.15, 0.2) is 0 Å². The zero-order valence-corrected chi connectivity index (χ0v) is 24.3. The third-order valence-corrected chi connectivity index (χ3v) is 8.83. The van der Waals surface area contributed by atoms with E-state index in [2.05, 4.69) is 44.1 Å². The lowest BCUT2D eigenvalue weighted by molar-refractivity contribution is -0.138. The number of anilines is 3. The Morgan fingerprint density at radius 1 is 0.902 bits per heavy atom. The molecule has 3 aromatic rings. The quantitative estimate of drug-likeness (QED) is 0.370. The molecule has 1 aromatic heterocycles. The summed E-state index contributed by atoms with van der Waals surface area (Å²) in [6.45, 7) is 7.12. The van der Waals surface area contributed by atoms with Gasteiger partial charge in [0.1, 0.15) is 17.6 Å². The van der Waals surface area contributed by atoms with E-state index in [0.29, 0.717) is 23.4 Å². The van der Waals surface area contributed by atoms with Crippen LogP contribution in [0, 0.1) is 5.92 Å². The molecule has 0 saturated carbocycles. The van der Waals surface area contributed by atoms with Gasteiger partial charge in [0.05, 0.1) is 0 Å². The van der Waals surface area contributed by atoms with Gasteiger partial charge in [-0.05, 0) is 36.5 Å². The zero-order chi connectivity index (χ0) is 28.6. The van der Waals surface area contributed by atoms with Gasteiger partial charge in [-0.25, -0.2) is 9.78 Å². The fraction of sp³-hybridized carbons (Fsp3) is 0.419. The lowest BCUT2D eigenvalue weighted by atomic mass is 10.00. The molecular weight excluding hydrogens is 536 g/mol. The lowest BCUT2D eigenvalue weighted by Gasteiger charge is -2.37. The first-order valence-corrected chi connectivity index (χ1v) is 15.5.